The lowest BCUT2D eigenvalue weighted by atomic mass is 10.1. The van der Waals surface area contributed by atoms with Crippen LogP contribution in [0, 0.1) is 5.82 Å². The topological polar surface area (TPSA) is 59.6 Å². The SMILES string of the molecule is O=C(NCCc1cccc(F)c1)NCCc1ccc2c(c1)OCO2. The summed E-state index contributed by atoms with van der Waals surface area (Å²) in [7, 11) is 0. The van der Waals surface area contributed by atoms with E-state index in [1.165, 1.54) is 12.1 Å². The molecule has 0 saturated carbocycles. The number of hydrogen-bond donors (Lipinski definition) is 2. The molecule has 0 unspecified atom stereocenters. The van der Waals surface area contributed by atoms with Crippen molar-refractivity contribution in [3.05, 3.63) is 59.4 Å². The third-order valence-corrected chi connectivity index (χ3v) is 3.72. The Bertz CT molecular complexity index is 721. The monoisotopic (exact) mass is 330 g/mol. The van der Waals surface area contributed by atoms with Gasteiger partial charge in [-0.1, -0.05) is 18.2 Å². The molecule has 0 aliphatic carbocycles. The number of carbonyl (C=O) groups is 1. The van der Waals surface area contributed by atoms with Gasteiger partial charge in [-0.25, -0.2) is 9.18 Å². The molecule has 6 heteroatoms. The summed E-state index contributed by atoms with van der Waals surface area (Å²) in [4.78, 5) is 11.7. The van der Waals surface area contributed by atoms with Gasteiger partial charge >= 0.3 is 6.03 Å². The van der Waals surface area contributed by atoms with Gasteiger partial charge in [0.05, 0.1) is 0 Å². The van der Waals surface area contributed by atoms with Crippen molar-refractivity contribution in [2.45, 2.75) is 12.8 Å². The van der Waals surface area contributed by atoms with Gasteiger partial charge in [-0.05, 0) is 48.2 Å². The second-order valence-corrected chi connectivity index (χ2v) is 5.50. The average Bonchev–Trinajstić information content (AvgIpc) is 3.03. The van der Waals surface area contributed by atoms with Gasteiger partial charge in [-0.3, -0.25) is 0 Å². The average molecular weight is 330 g/mol. The smallest absolute Gasteiger partial charge is 0.314 e. The van der Waals surface area contributed by atoms with Crippen LogP contribution < -0.4 is 20.1 Å². The molecule has 1 aliphatic rings. The fourth-order valence-corrected chi connectivity index (χ4v) is 2.49. The summed E-state index contributed by atoms with van der Waals surface area (Å²) in [5, 5.41) is 5.56. The van der Waals surface area contributed by atoms with Gasteiger partial charge in [-0.15, -0.1) is 0 Å². The first-order valence-electron chi connectivity index (χ1n) is 7.85. The van der Waals surface area contributed by atoms with Gasteiger partial charge in [-0.2, -0.15) is 0 Å². The molecule has 24 heavy (non-hydrogen) atoms. The minimum atomic E-state index is -0.263. The van der Waals surface area contributed by atoms with E-state index >= 15 is 0 Å². The lowest BCUT2D eigenvalue weighted by Gasteiger charge is -2.08. The van der Waals surface area contributed by atoms with E-state index < -0.39 is 0 Å². The normalized spacial score (nSPS) is 12.0. The first-order valence-corrected chi connectivity index (χ1v) is 7.85. The minimum Gasteiger partial charge on any atom is -0.454 e. The number of amides is 2. The summed E-state index contributed by atoms with van der Waals surface area (Å²) in [6, 6.07) is 11.9. The lowest BCUT2D eigenvalue weighted by Crippen LogP contribution is -2.37. The van der Waals surface area contributed by atoms with Gasteiger partial charge in [0.25, 0.3) is 0 Å². The second-order valence-electron chi connectivity index (χ2n) is 5.50. The van der Waals surface area contributed by atoms with Crippen LogP contribution in [0.15, 0.2) is 42.5 Å². The van der Waals surface area contributed by atoms with Crippen LogP contribution in [-0.2, 0) is 12.8 Å². The zero-order valence-corrected chi connectivity index (χ0v) is 13.2. The van der Waals surface area contributed by atoms with Crippen molar-refractivity contribution in [1.29, 1.82) is 0 Å². The molecule has 0 aromatic heterocycles. The molecule has 0 bridgehead atoms. The van der Waals surface area contributed by atoms with E-state index in [4.69, 9.17) is 9.47 Å². The predicted molar refractivity (Wildman–Crippen MR) is 87.8 cm³/mol. The Labute approximate surface area is 139 Å². The number of rotatable bonds is 6. The molecule has 0 fully saturated rings. The van der Waals surface area contributed by atoms with Crippen molar-refractivity contribution in [3.63, 3.8) is 0 Å². The highest BCUT2D eigenvalue weighted by Gasteiger charge is 2.13. The van der Waals surface area contributed by atoms with E-state index in [1.807, 2.05) is 24.3 Å². The Hall–Kier alpha value is -2.76. The Kier molecular flexibility index (Phi) is 5.15. The highest BCUT2D eigenvalue weighted by Crippen LogP contribution is 2.32. The molecular weight excluding hydrogens is 311 g/mol. The fraction of sp³-hybridized carbons (Fsp3) is 0.278. The maximum Gasteiger partial charge on any atom is 0.314 e. The number of halogens is 1. The van der Waals surface area contributed by atoms with Gasteiger partial charge in [0.15, 0.2) is 11.5 Å². The van der Waals surface area contributed by atoms with Crippen LogP contribution in [0.2, 0.25) is 0 Å². The number of benzene rings is 2. The van der Waals surface area contributed by atoms with Crippen molar-refractivity contribution in [1.82, 2.24) is 10.6 Å². The van der Waals surface area contributed by atoms with E-state index in [9.17, 15) is 9.18 Å². The number of hydrogen-bond acceptors (Lipinski definition) is 3. The van der Waals surface area contributed by atoms with Gasteiger partial charge in [0.1, 0.15) is 5.82 Å². The van der Waals surface area contributed by atoms with Crippen LogP contribution in [0.3, 0.4) is 0 Å². The van der Waals surface area contributed by atoms with Crippen LogP contribution in [0.1, 0.15) is 11.1 Å². The van der Waals surface area contributed by atoms with E-state index in [0.717, 1.165) is 22.6 Å². The summed E-state index contributed by atoms with van der Waals surface area (Å²) >= 11 is 0. The van der Waals surface area contributed by atoms with Gasteiger partial charge in [0.2, 0.25) is 6.79 Å². The van der Waals surface area contributed by atoms with Crippen molar-refractivity contribution < 1.29 is 18.7 Å². The van der Waals surface area contributed by atoms with Gasteiger partial charge < -0.3 is 20.1 Å². The van der Waals surface area contributed by atoms with Crippen LogP contribution >= 0.6 is 0 Å². The molecule has 2 aromatic carbocycles. The summed E-state index contributed by atoms with van der Waals surface area (Å²) in [5.41, 5.74) is 1.93. The van der Waals surface area contributed by atoms with E-state index in [1.54, 1.807) is 6.07 Å². The highest BCUT2D eigenvalue weighted by molar-refractivity contribution is 5.73. The number of nitrogens with one attached hydrogen (secondary N) is 2. The third kappa shape index (κ3) is 4.38. The molecule has 1 heterocycles. The molecule has 5 nitrogen and oxygen atoms in total. The summed E-state index contributed by atoms with van der Waals surface area (Å²) in [5.74, 6) is 1.23. The lowest BCUT2D eigenvalue weighted by molar-refractivity contribution is 0.174. The van der Waals surface area contributed by atoms with Crippen LogP contribution in [-0.4, -0.2) is 25.9 Å². The molecule has 2 N–H and O–H groups in total. The number of urea groups is 1. The first kappa shape index (κ1) is 16.1. The van der Waals surface area contributed by atoms with Gasteiger partial charge in [0, 0.05) is 13.1 Å². The van der Waals surface area contributed by atoms with E-state index in [2.05, 4.69) is 10.6 Å². The molecule has 3 rings (SSSR count). The predicted octanol–water partition coefficient (Wildman–Crippen LogP) is 2.64. The molecule has 2 aromatic rings. The number of carbonyl (C=O) groups excluding carboxylic acids is 1. The Morgan fingerprint density at radius 1 is 0.958 bits per heavy atom. The molecular formula is C18H19FN2O3. The minimum absolute atomic E-state index is 0.229. The molecule has 1 aliphatic heterocycles. The Morgan fingerprint density at radius 2 is 1.67 bits per heavy atom. The third-order valence-electron chi connectivity index (χ3n) is 3.72. The van der Waals surface area contributed by atoms with Crippen LogP contribution in [0.4, 0.5) is 9.18 Å². The molecule has 0 spiro atoms. The molecule has 126 valence electrons. The molecule has 2 amide bonds. The Morgan fingerprint density at radius 3 is 2.42 bits per heavy atom. The maximum atomic E-state index is 13.0. The zero-order chi connectivity index (χ0) is 16.8. The van der Waals surface area contributed by atoms with Crippen LogP contribution in [0.25, 0.3) is 0 Å². The largest absolute Gasteiger partial charge is 0.454 e. The summed E-state index contributed by atoms with van der Waals surface area (Å²) in [6.07, 6.45) is 1.29. The molecule has 0 saturated heterocycles. The standard InChI is InChI=1S/C18H19FN2O3/c19-15-3-1-2-13(10-15)6-8-20-18(22)21-9-7-14-4-5-16-17(11-14)24-12-23-16/h1-5,10-11H,6-9,12H2,(H2,20,21,22). The zero-order valence-electron chi connectivity index (χ0n) is 13.2. The first-order chi connectivity index (χ1) is 11.7. The highest BCUT2D eigenvalue weighted by atomic mass is 19.1. The van der Waals surface area contributed by atoms with E-state index in [-0.39, 0.29) is 18.6 Å². The van der Waals surface area contributed by atoms with Crippen molar-refractivity contribution in [3.8, 4) is 11.5 Å². The second kappa shape index (κ2) is 7.68. The van der Waals surface area contributed by atoms with Crippen LogP contribution in [0.5, 0.6) is 11.5 Å². The Balaban J connectivity index is 1.35. The van der Waals surface area contributed by atoms with Crippen molar-refractivity contribution in [2.75, 3.05) is 19.9 Å². The van der Waals surface area contributed by atoms with Crippen molar-refractivity contribution >= 4 is 6.03 Å². The van der Waals surface area contributed by atoms with E-state index in [0.29, 0.717) is 25.9 Å². The summed E-state index contributed by atoms with van der Waals surface area (Å²) < 4.78 is 23.6. The fourth-order valence-electron chi connectivity index (χ4n) is 2.49. The van der Waals surface area contributed by atoms with Crippen molar-refractivity contribution in [2.24, 2.45) is 0 Å². The quantitative estimate of drug-likeness (QED) is 0.856. The summed E-state index contributed by atoms with van der Waals surface area (Å²) in [6.45, 7) is 1.23. The number of ether oxygens (including phenoxy) is 2. The molecule has 0 atom stereocenters. The maximum absolute atomic E-state index is 13.0. The number of fused-ring (bicyclic) bond motifs is 1. The molecule has 0 radical (unpaired) electrons.